The third kappa shape index (κ3) is 4.79. The van der Waals surface area contributed by atoms with Crippen LogP contribution in [-0.2, 0) is 13.0 Å². The number of hydrogen-bond acceptors (Lipinski definition) is 6. The Kier molecular flexibility index (Phi) is 6.27. The first-order valence-corrected chi connectivity index (χ1v) is 10.3. The number of nitrogens with one attached hydrogen (secondary N) is 1. The number of amides is 1. The Morgan fingerprint density at radius 2 is 1.87 bits per heavy atom. The maximum Gasteiger partial charge on any atom is 0.251 e. The Morgan fingerprint density at radius 1 is 1.03 bits per heavy atom. The van der Waals surface area contributed by atoms with E-state index in [-0.39, 0.29) is 19.2 Å². The Balaban J connectivity index is 1.30. The highest BCUT2D eigenvalue weighted by atomic mass is 16.7. The molecule has 0 saturated heterocycles. The van der Waals surface area contributed by atoms with Crippen molar-refractivity contribution in [3.63, 3.8) is 0 Å². The molecule has 7 nitrogen and oxygen atoms in total. The van der Waals surface area contributed by atoms with Gasteiger partial charge in [-0.05, 0) is 48.7 Å². The van der Waals surface area contributed by atoms with Gasteiger partial charge in [0.1, 0.15) is 0 Å². The van der Waals surface area contributed by atoms with Crippen molar-refractivity contribution in [2.45, 2.75) is 45.6 Å². The van der Waals surface area contributed by atoms with E-state index in [2.05, 4.69) is 22.4 Å². The highest BCUT2D eigenvalue weighted by molar-refractivity contribution is 5.94. The summed E-state index contributed by atoms with van der Waals surface area (Å²) < 4.78 is 15.9. The largest absolute Gasteiger partial charge is 0.454 e. The molecule has 1 N–H and O–H groups in total. The maximum atomic E-state index is 12.4. The number of ether oxygens (including phenoxy) is 2. The van der Waals surface area contributed by atoms with Crippen LogP contribution in [-0.4, -0.2) is 22.8 Å². The molecule has 1 aliphatic rings. The summed E-state index contributed by atoms with van der Waals surface area (Å²) in [5.41, 5.74) is 2.63. The highest BCUT2D eigenvalue weighted by Gasteiger charge is 2.17. The number of aryl methyl sites for hydroxylation is 1. The fourth-order valence-corrected chi connectivity index (χ4v) is 3.32. The Morgan fingerprint density at radius 3 is 2.70 bits per heavy atom. The average molecular weight is 407 g/mol. The molecule has 1 aliphatic heterocycles. The molecule has 3 aromatic rings. The van der Waals surface area contributed by atoms with E-state index in [1.54, 1.807) is 6.07 Å². The molecule has 0 aliphatic carbocycles. The van der Waals surface area contributed by atoms with Crippen LogP contribution >= 0.6 is 0 Å². The minimum absolute atomic E-state index is 0.162. The fraction of sp³-hybridized carbons (Fsp3) is 0.348. The molecule has 0 fully saturated rings. The predicted molar refractivity (Wildman–Crippen MR) is 111 cm³/mol. The van der Waals surface area contributed by atoms with E-state index in [4.69, 9.17) is 14.0 Å². The van der Waals surface area contributed by atoms with Crippen LogP contribution in [0.2, 0.25) is 0 Å². The molecule has 0 bridgehead atoms. The van der Waals surface area contributed by atoms with Crippen molar-refractivity contribution in [3.05, 3.63) is 59.5 Å². The Hall–Kier alpha value is -3.35. The van der Waals surface area contributed by atoms with Crippen LogP contribution < -0.4 is 14.8 Å². The van der Waals surface area contributed by atoms with Crippen molar-refractivity contribution in [3.8, 4) is 22.9 Å². The van der Waals surface area contributed by atoms with Gasteiger partial charge in [0.2, 0.25) is 18.5 Å². The first-order chi connectivity index (χ1) is 14.7. The molecule has 0 atom stereocenters. The van der Waals surface area contributed by atoms with E-state index in [1.165, 1.54) is 31.2 Å². The van der Waals surface area contributed by atoms with Gasteiger partial charge < -0.3 is 19.3 Å². The summed E-state index contributed by atoms with van der Waals surface area (Å²) in [6.45, 7) is 2.58. The average Bonchev–Trinajstić information content (AvgIpc) is 3.44. The van der Waals surface area contributed by atoms with Crippen molar-refractivity contribution >= 4 is 5.91 Å². The summed E-state index contributed by atoms with van der Waals surface area (Å²) in [5, 5.41) is 6.80. The normalized spacial score (nSPS) is 12.2. The molecule has 1 amide bonds. The van der Waals surface area contributed by atoms with Gasteiger partial charge in [-0.3, -0.25) is 4.79 Å². The van der Waals surface area contributed by atoms with Crippen LogP contribution in [0.15, 0.2) is 47.0 Å². The van der Waals surface area contributed by atoms with Crippen LogP contribution in [0.5, 0.6) is 11.5 Å². The third-order valence-electron chi connectivity index (χ3n) is 5.03. The van der Waals surface area contributed by atoms with E-state index in [0.717, 1.165) is 12.0 Å². The molecule has 0 spiro atoms. The van der Waals surface area contributed by atoms with Crippen LogP contribution in [0.1, 0.15) is 54.4 Å². The zero-order chi connectivity index (χ0) is 20.8. The Bertz CT molecular complexity index is 998. The molecule has 4 rings (SSSR count). The number of hydrogen-bond donors (Lipinski definition) is 1. The van der Waals surface area contributed by atoms with E-state index in [1.807, 2.05) is 36.4 Å². The molecule has 2 aromatic carbocycles. The van der Waals surface area contributed by atoms with Crippen molar-refractivity contribution in [2.75, 3.05) is 6.79 Å². The molecule has 156 valence electrons. The lowest BCUT2D eigenvalue weighted by Gasteiger charge is -2.05. The SMILES string of the molecule is CCCCCCc1ccc(C(=O)NCc2nc(-c3ccc4c(c3)OCO4)no2)cc1. The Labute approximate surface area is 175 Å². The lowest BCUT2D eigenvalue weighted by atomic mass is 10.0. The van der Waals surface area contributed by atoms with Crippen LogP contribution in [0, 0.1) is 0 Å². The van der Waals surface area contributed by atoms with Crippen LogP contribution in [0.3, 0.4) is 0 Å². The fourth-order valence-electron chi connectivity index (χ4n) is 3.32. The molecule has 0 unspecified atom stereocenters. The zero-order valence-electron chi connectivity index (χ0n) is 17.0. The number of carbonyl (C=O) groups excluding carboxylic acids is 1. The lowest BCUT2D eigenvalue weighted by Crippen LogP contribution is -2.22. The van der Waals surface area contributed by atoms with Gasteiger partial charge in [0.15, 0.2) is 11.5 Å². The summed E-state index contributed by atoms with van der Waals surface area (Å²) in [4.78, 5) is 16.7. The van der Waals surface area contributed by atoms with Gasteiger partial charge in [-0.2, -0.15) is 4.98 Å². The summed E-state index contributed by atoms with van der Waals surface area (Å²) in [5.74, 6) is 1.95. The van der Waals surface area contributed by atoms with E-state index in [9.17, 15) is 4.79 Å². The van der Waals surface area contributed by atoms with E-state index < -0.39 is 0 Å². The molecule has 0 saturated carbocycles. The molecule has 2 heterocycles. The van der Waals surface area contributed by atoms with Crippen molar-refractivity contribution in [2.24, 2.45) is 0 Å². The topological polar surface area (TPSA) is 86.5 Å². The number of aromatic nitrogens is 2. The number of benzene rings is 2. The third-order valence-corrected chi connectivity index (χ3v) is 5.03. The number of carbonyl (C=O) groups is 1. The van der Waals surface area contributed by atoms with Gasteiger partial charge in [0.25, 0.3) is 5.91 Å². The zero-order valence-corrected chi connectivity index (χ0v) is 17.0. The van der Waals surface area contributed by atoms with E-state index in [0.29, 0.717) is 28.8 Å². The number of fused-ring (bicyclic) bond motifs is 1. The number of unbranched alkanes of at least 4 members (excludes halogenated alkanes) is 3. The van der Waals surface area contributed by atoms with Crippen molar-refractivity contribution in [1.82, 2.24) is 15.5 Å². The molecule has 0 radical (unpaired) electrons. The first kappa shape index (κ1) is 19.9. The lowest BCUT2D eigenvalue weighted by molar-refractivity contribution is 0.0946. The van der Waals surface area contributed by atoms with Gasteiger partial charge in [0.05, 0.1) is 6.54 Å². The maximum absolute atomic E-state index is 12.4. The summed E-state index contributed by atoms with van der Waals surface area (Å²) in [7, 11) is 0. The van der Waals surface area contributed by atoms with Gasteiger partial charge in [-0.15, -0.1) is 0 Å². The highest BCUT2D eigenvalue weighted by Crippen LogP contribution is 2.35. The minimum Gasteiger partial charge on any atom is -0.454 e. The number of rotatable bonds is 9. The molecular weight excluding hydrogens is 382 g/mol. The van der Waals surface area contributed by atoms with Crippen molar-refractivity contribution < 1.29 is 18.8 Å². The second-order valence-corrected chi connectivity index (χ2v) is 7.27. The summed E-state index contributed by atoms with van der Waals surface area (Å²) in [6.07, 6.45) is 5.98. The molecule has 30 heavy (non-hydrogen) atoms. The molecule has 1 aromatic heterocycles. The number of nitrogens with zero attached hydrogens (tertiary/aromatic N) is 2. The predicted octanol–water partition coefficient (Wildman–Crippen LogP) is 4.52. The monoisotopic (exact) mass is 407 g/mol. The molecular formula is C23H25N3O4. The standard InChI is InChI=1S/C23H25N3O4/c1-2-3-4-5-6-16-7-9-17(10-8-16)23(27)24-14-21-25-22(26-30-21)18-11-12-19-20(13-18)29-15-28-19/h7-13H,2-6,14-15H2,1H3,(H,24,27). The van der Waals surface area contributed by atoms with Gasteiger partial charge >= 0.3 is 0 Å². The second kappa shape index (κ2) is 9.43. The summed E-state index contributed by atoms with van der Waals surface area (Å²) >= 11 is 0. The van der Waals surface area contributed by atoms with Gasteiger partial charge in [-0.1, -0.05) is 43.5 Å². The second-order valence-electron chi connectivity index (χ2n) is 7.27. The van der Waals surface area contributed by atoms with Gasteiger partial charge in [-0.25, -0.2) is 0 Å². The van der Waals surface area contributed by atoms with Gasteiger partial charge in [0, 0.05) is 11.1 Å². The van der Waals surface area contributed by atoms with Crippen molar-refractivity contribution in [1.29, 1.82) is 0 Å². The molecule has 7 heteroatoms. The first-order valence-electron chi connectivity index (χ1n) is 10.3. The minimum atomic E-state index is -0.171. The summed E-state index contributed by atoms with van der Waals surface area (Å²) in [6, 6.07) is 13.2. The van der Waals surface area contributed by atoms with Crippen LogP contribution in [0.4, 0.5) is 0 Å². The van der Waals surface area contributed by atoms with E-state index >= 15 is 0 Å². The van der Waals surface area contributed by atoms with Crippen LogP contribution in [0.25, 0.3) is 11.4 Å². The smallest absolute Gasteiger partial charge is 0.251 e. The quantitative estimate of drug-likeness (QED) is 0.525.